The van der Waals surface area contributed by atoms with Gasteiger partial charge in [-0.3, -0.25) is 9.67 Å². The number of H-pyrrole nitrogens is 1. The Bertz CT molecular complexity index is 364. The lowest BCUT2D eigenvalue weighted by molar-refractivity contribution is 0.329. The van der Waals surface area contributed by atoms with Crippen molar-refractivity contribution in [1.82, 2.24) is 19.7 Å². The molecular weight excluding hydrogens is 208 g/mol. The zero-order valence-electron chi connectivity index (χ0n) is 10.1. The summed E-state index contributed by atoms with van der Waals surface area (Å²) in [5, 5.41) is 7.14. The maximum atomic E-state index is 5.25. The first-order valence-corrected chi connectivity index (χ1v) is 5.65. The van der Waals surface area contributed by atoms with E-state index in [0.29, 0.717) is 16.7 Å². The summed E-state index contributed by atoms with van der Waals surface area (Å²) >= 11 is 5.25. The van der Waals surface area contributed by atoms with Gasteiger partial charge >= 0.3 is 0 Å². The molecule has 0 fully saturated rings. The third kappa shape index (κ3) is 2.89. The topological polar surface area (TPSA) is 36.9 Å². The minimum Gasteiger partial charge on any atom is -0.307 e. The molecule has 15 heavy (non-hydrogen) atoms. The third-order valence-corrected chi connectivity index (χ3v) is 2.61. The summed E-state index contributed by atoms with van der Waals surface area (Å²) < 4.78 is 2.83. The Hall–Kier alpha value is -0.680. The molecule has 0 aromatic carbocycles. The molecule has 1 aromatic heterocycles. The van der Waals surface area contributed by atoms with Crippen LogP contribution >= 0.6 is 12.2 Å². The van der Waals surface area contributed by atoms with Crippen LogP contribution in [-0.4, -0.2) is 40.3 Å². The fourth-order valence-corrected chi connectivity index (χ4v) is 2.08. The van der Waals surface area contributed by atoms with Crippen molar-refractivity contribution < 1.29 is 0 Å². The van der Waals surface area contributed by atoms with Crippen molar-refractivity contribution in [2.45, 2.75) is 32.7 Å². The Labute approximate surface area is 96.3 Å². The van der Waals surface area contributed by atoms with Gasteiger partial charge in [0.05, 0.1) is 0 Å². The van der Waals surface area contributed by atoms with Gasteiger partial charge in [-0.2, -0.15) is 5.10 Å². The molecule has 0 aliphatic rings. The number of aromatic amines is 1. The van der Waals surface area contributed by atoms with E-state index >= 15 is 0 Å². The fourth-order valence-electron chi connectivity index (χ4n) is 1.76. The standard InChI is InChI=1S/C10H20N4S/c1-7(2)9-11-12-10(15)14(9)8(3)6-13(4)5/h7-8H,6H2,1-5H3,(H,12,15). The van der Waals surface area contributed by atoms with Crippen molar-refractivity contribution >= 4 is 12.2 Å². The second-order valence-corrected chi connectivity index (χ2v) is 4.91. The van der Waals surface area contributed by atoms with Gasteiger partial charge in [0.15, 0.2) is 4.77 Å². The van der Waals surface area contributed by atoms with Crippen molar-refractivity contribution in [3.8, 4) is 0 Å². The van der Waals surface area contributed by atoms with E-state index in [4.69, 9.17) is 12.2 Å². The summed E-state index contributed by atoms with van der Waals surface area (Å²) in [4.78, 5) is 2.16. The summed E-state index contributed by atoms with van der Waals surface area (Å²) in [5.74, 6) is 1.43. The molecule has 5 heteroatoms. The smallest absolute Gasteiger partial charge is 0.195 e. The highest BCUT2D eigenvalue weighted by Crippen LogP contribution is 2.17. The van der Waals surface area contributed by atoms with Gasteiger partial charge in [-0.25, -0.2) is 0 Å². The van der Waals surface area contributed by atoms with Crippen LogP contribution < -0.4 is 0 Å². The van der Waals surface area contributed by atoms with E-state index in [-0.39, 0.29) is 0 Å². The Balaban J connectivity index is 3.01. The lowest BCUT2D eigenvalue weighted by Crippen LogP contribution is -2.24. The van der Waals surface area contributed by atoms with Crippen LogP contribution in [0.3, 0.4) is 0 Å². The normalized spacial score (nSPS) is 13.8. The summed E-state index contributed by atoms with van der Waals surface area (Å²) in [6.07, 6.45) is 0. The number of nitrogens with zero attached hydrogens (tertiary/aromatic N) is 3. The van der Waals surface area contributed by atoms with Crippen LogP contribution in [-0.2, 0) is 0 Å². The summed E-state index contributed by atoms with van der Waals surface area (Å²) in [6, 6.07) is 0.351. The average Bonchev–Trinajstić information content (AvgIpc) is 2.45. The SMILES string of the molecule is CC(C)c1n[nH]c(=S)n1C(C)CN(C)C. The molecule has 0 radical (unpaired) electrons. The number of likely N-dealkylation sites (N-methyl/N-ethyl adjacent to an activating group) is 1. The molecule has 0 amide bonds. The van der Waals surface area contributed by atoms with E-state index in [9.17, 15) is 0 Å². The molecule has 1 unspecified atom stereocenters. The summed E-state index contributed by atoms with van der Waals surface area (Å²) in [7, 11) is 4.13. The van der Waals surface area contributed by atoms with Gasteiger partial charge in [0.2, 0.25) is 0 Å². The minimum absolute atomic E-state index is 0.351. The van der Waals surface area contributed by atoms with Crippen LogP contribution in [0.5, 0.6) is 0 Å². The van der Waals surface area contributed by atoms with Gasteiger partial charge in [-0.05, 0) is 33.2 Å². The monoisotopic (exact) mass is 228 g/mol. The van der Waals surface area contributed by atoms with Crippen molar-refractivity contribution in [3.63, 3.8) is 0 Å². The van der Waals surface area contributed by atoms with Gasteiger partial charge in [0, 0.05) is 18.5 Å². The van der Waals surface area contributed by atoms with Crippen LogP contribution in [0.1, 0.15) is 38.6 Å². The zero-order chi connectivity index (χ0) is 11.6. The molecule has 1 rings (SSSR count). The number of hydrogen-bond donors (Lipinski definition) is 1. The van der Waals surface area contributed by atoms with Crippen LogP contribution in [0.4, 0.5) is 0 Å². The van der Waals surface area contributed by atoms with E-state index < -0.39 is 0 Å². The highest BCUT2D eigenvalue weighted by atomic mass is 32.1. The van der Waals surface area contributed by atoms with E-state index in [1.807, 2.05) is 0 Å². The first-order valence-electron chi connectivity index (χ1n) is 5.25. The van der Waals surface area contributed by atoms with E-state index in [1.165, 1.54) is 0 Å². The average molecular weight is 228 g/mol. The maximum absolute atomic E-state index is 5.25. The third-order valence-electron chi connectivity index (χ3n) is 2.32. The number of nitrogens with one attached hydrogen (secondary N) is 1. The molecule has 1 heterocycles. The van der Waals surface area contributed by atoms with Crippen molar-refractivity contribution in [2.24, 2.45) is 0 Å². The molecular formula is C10H20N4S. The van der Waals surface area contributed by atoms with Crippen LogP contribution in [0, 0.1) is 4.77 Å². The largest absolute Gasteiger partial charge is 0.307 e. The molecule has 0 aliphatic heterocycles. The van der Waals surface area contributed by atoms with Gasteiger partial charge in [-0.15, -0.1) is 0 Å². The Morgan fingerprint density at radius 3 is 2.47 bits per heavy atom. The Kier molecular flexibility index (Phi) is 4.04. The predicted octanol–water partition coefficient (Wildman–Crippen LogP) is 2.19. The van der Waals surface area contributed by atoms with E-state index in [0.717, 1.165) is 12.4 Å². The Morgan fingerprint density at radius 1 is 1.40 bits per heavy atom. The van der Waals surface area contributed by atoms with Crippen LogP contribution in [0.25, 0.3) is 0 Å². The molecule has 0 bridgehead atoms. The first-order chi connectivity index (χ1) is 6.93. The molecule has 0 saturated heterocycles. The second kappa shape index (κ2) is 4.90. The molecule has 0 spiro atoms. The maximum Gasteiger partial charge on any atom is 0.195 e. The van der Waals surface area contributed by atoms with Gasteiger partial charge in [0.25, 0.3) is 0 Å². The first kappa shape index (κ1) is 12.4. The van der Waals surface area contributed by atoms with Crippen molar-refractivity contribution in [2.75, 3.05) is 20.6 Å². The molecule has 86 valence electrons. The number of aromatic nitrogens is 3. The Morgan fingerprint density at radius 2 is 2.00 bits per heavy atom. The van der Waals surface area contributed by atoms with Crippen molar-refractivity contribution in [1.29, 1.82) is 0 Å². The zero-order valence-corrected chi connectivity index (χ0v) is 10.9. The minimum atomic E-state index is 0.351. The molecule has 1 atom stereocenters. The van der Waals surface area contributed by atoms with Crippen LogP contribution in [0.15, 0.2) is 0 Å². The van der Waals surface area contributed by atoms with E-state index in [2.05, 4.69) is 54.5 Å². The van der Waals surface area contributed by atoms with Crippen molar-refractivity contribution in [3.05, 3.63) is 10.6 Å². The summed E-state index contributed by atoms with van der Waals surface area (Å²) in [6.45, 7) is 7.39. The van der Waals surface area contributed by atoms with Gasteiger partial charge < -0.3 is 4.90 Å². The second-order valence-electron chi connectivity index (χ2n) is 4.52. The van der Waals surface area contributed by atoms with Gasteiger partial charge in [-0.1, -0.05) is 13.8 Å². The van der Waals surface area contributed by atoms with E-state index in [1.54, 1.807) is 0 Å². The predicted molar refractivity (Wildman–Crippen MR) is 64.8 cm³/mol. The molecule has 4 nitrogen and oxygen atoms in total. The molecule has 0 saturated carbocycles. The number of hydrogen-bond acceptors (Lipinski definition) is 3. The lowest BCUT2D eigenvalue weighted by atomic mass is 10.2. The number of rotatable bonds is 4. The summed E-state index contributed by atoms with van der Waals surface area (Å²) in [5.41, 5.74) is 0. The quantitative estimate of drug-likeness (QED) is 0.803. The molecule has 1 N–H and O–H groups in total. The molecule has 0 aliphatic carbocycles. The highest BCUT2D eigenvalue weighted by molar-refractivity contribution is 7.71. The molecule has 1 aromatic rings. The lowest BCUT2D eigenvalue weighted by Gasteiger charge is -2.20. The highest BCUT2D eigenvalue weighted by Gasteiger charge is 2.15. The van der Waals surface area contributed by atoms with Gasteiger partial charge in [0.1, 0.15) is 5.82 Å². The fraction of sp³-hybridized carbons (Fsp3) is 0.800. The van der Waals surface area contributed by atoms with Crippen LogP contribution in [0.2, 0.25) is 0 Å².